The average Bonchev–Trinajstić information content (AvgIpc) is 1.09. The highest BCUT2D eigenvalue weighted by atomic mass is 127. The summed E-state index contributed by atoms with van der Waals surface area (Å²) >= 11 is 2.30. The topological polar surface area (TPSA) is 176 Å². The van der Waals surface area contributed by atoms with Crippen LogP contribution >= 0.6 is 22.6 Å². The average molecular weight is 1590 g/mol. The van der Waals surface area contributed by atoms with E-state index in [4.69, 9.17) is 57.1 Å². The molecule has 0 saturated carbocycles. The van der Waals surface area contributed by atoms with E-state index in [9.17, 15) is 10.2 Å². The lowest BCUT2D eigenvalue weighted by Crippen LogP contribution is -2.69. The van der Waals surface area contributed by atoms with Crippen LogP contribution in [0.25, 0.3) is 0 Å². The summed E-state index contributed by atoms with van der Waals surface area (Å²) in [6, 6.07) is 8.57. The Hall–Kier alpha value is -0.316. The smallest absolute Gasteiger partial charge is 0.193 e. The third-order valence-corrected chi connectivity index (χ3v) is 50.1. The minimum absolute atomic E-state index is 0.0124. The van der Waals surface area contributed by atoms with Gasteiger partial charge in [-0.1, -0.05) is 165 Å². The summed E-state index contributed by atoms with van der Waals surface area (Å²) in [6.45, 7) is 68.3. The number of aliphatic hydroxyl groups is 2. The molecule has 1 aromatic carbocycles. The molecule has 6 rings (SSSR count). The molecule has 98 heavy (non-hydrogen) atoms. The summed E-state index contributed by atoms with van der Waals surface area (Å²) in [5.41, 5.74) is 2.00. The number of hydrogen-bond donors (Lipinski definition) is 2. The van der Waals surface area contributed by atoms with Crippen molar-refractivity contribution < 1.29 is 69.2 Å². The van der Waals surface area contributed by atoms with Gasteiger partial charge in [-0.15, -0.1) is 0 Å². The second-order valence-electron chi connectivity index (χ2n) is 37.5. The van der Waals surface area contributed by atoms with Crippen molar-refractivity contribution in [2.24, 2.45) is 11.8 Å². The minimum atomic E-state index is -4.42. The van der Waals surface area contributed by atoms with Gasteiger partial charge in [0.1, 0.15) is 24.4 Å². The maximum Gasteiger partial charge on any atom is 0.193 e. The molecule has 0 amide bonds. The first-order chi connectivity index (χ1) is 44.7. The van der Waals surface area contributed by atoms with Gasteiger partial charge in [-0.2, -0.15) is 0 Å². The van der Waals surface area contributed by atoms with Crippen LogP contribution < -0.4 is 0 Å². The number of methoxy groups -OCH3 is 1. The fourth-order valence-electron chi connectivity index (χ4n) is 13.6. The molecule has 0 aromatic heterocycles. The molecular weight excluding hydrogens is 1450 g/mol. The second kappa shape index (κ2) is 33.4. The van der Waals surface area contributed by atoms with Crippen LogP contribution in [0.3, 0.4) is 0 Å². The molecule has 19 atom stereocenters. The number of ether oxygens (including phenoxy) is 6. The van der Waals surface area contributed by atoms with Crippen molar-refractivity contribution in [3.63, 3.8) is 0 Å². The molecule has 0 aliphatic carbocycles. The van der Waals surface area contributed by atoms with E-state index in [2.05, 4.69) is 211 Å². The van der Waals surface area contributed by atoms with Crippen molar-refractivity contribution in [3.8, 4) is 0 Å². The monoisotopic (exact) mass is 1590 g/mol. The molecule has 0 bridgehead atoms. The van der Waals surface area contributed by atoms with Crippen LogP contribution in [0, 0.1) is 11.8 Å². The minimum Gasteiger partial charge on any atom is -0.414 e. The molecule has 1 aromatic rings. The zero-order valence-corrected chi connectivity index (χ0v) is 74.1. The largest absolute Gasteiger partial charge is 0.414 e. The van der Waals surface area contributed by atoms with Crippen LogP contribution in [0.1, 0.15) is 181 Å². The summed E-state index contributed by atoms with van der Waals surface area (Å²) in [5.74, 6) is -0.836. The molecule has 0 spiro atoms. The molecule has 2 N–H and O–H groups in total. The molecule has 566 valence electrons. The van der Waals surface area contributed by atoms with Crippen molar-refractivity contribution in [1.29, 1.82) is 0 Å². The highest BCUT2D eigenvalue weighted by molar-refractivity contribution is 14.1. The Morgan fingerprint density at radius 2 is 1.19 bits per heavy atom. The van der Waals surface area contributed by atoms with Crippen LogP contribution in [0.2, 0.25) is 90.7 Å². The molecule has 5 fully saturated rings. The van der Waals surface area contributed by atoms with Crippen LogP contribution in [0.4, 0.5) is 0 Å². The molecule has 5 unspecified atom stereocenters. The van der Waals surface area contributed by atoms with Crippen LogP contribution in [0.15, 0.2) is 69.7 Å². The Labute approximate surface area is 615 Å². The van der Waals surface area contributed by atoms with E-state index < -0.39 is 142 Å². The summed E-state index contributed by atoms with van der Waals surface area (Å²) in [5, 5.41) is 21.2. The lowest BCUT2D eigenvalue weighted by atomic mass is 9.80. The van der Waals surface area contributed by atoms with Crippen LogP contribution in [-0.4, -0.2) is 183 Å². The third-order valence-electron chi connectivity index (χ3n) is 25.0. The standard InChI is InChI=1S/C76H139IO15SSi5/c1-50-44-54(37-39-59-51(2)45-53(84-59)34-33-43-78)85-62(52(50)3)48-63-65(66(82-19)64(87-63)47-56(89-95(22,23)73(7,8)9)49-83-94(20,21)72(4,5)6)71(93(80,81)57-35-31-30-32-36-57)58(79)46-55-38-40-60-67(86-55)69(91-97(26,27)75(13,14)15)70(92-98(28,29)76(16,17)18)68(88-60)61(41-42-77)90-96(24,25)74(10,11)12/h30-32,35-36,41-42,50,53-56,58-71,78-79H,2-3,33-34,37-40,43-49H2,1,4-29H3/t50-,53?,54+,55-,56+,58?,59+,60+,61+,62?,63?,64-,65?,66+,67+,68+,69+,70-,71+/m1/s1. The third kappa shape index (κ3) is 21.1. The Kier molecular flexibility index (Phi) is 29.6. The first-order valence-electron chi connectivity index (χ1n) is 37.1. The predicted molar refractivity (Wildman–Crippen MR) is 421 cm³/mol. The Morgan fingerprint density at radius 3 is 1.73 bits per heavy atom. The van der Waals surface area contributed by atoms with E-state index in [-0.39, 0.29) is 73.8 Å². The van der Waals surface area contributed by atoms with Gasteiger partial charge in [0.05, 0.1) is 90.0 Å². The number of hydrogen-bond acceptors (Lipinski definition) is 15. The van der Waals surface area contributed by atoms with Gasteiger partial charge >= 0.3 is 0 Å². The SMILES string of the molecule is C=C1C(CC2O[C@H](C[C@@H](CO[Si](C)(C)C(C)(C)C)O[Si](C)(C)C(C)(C)C)[C@H](OC)C2[C@H](C(O)C[C@H]2CC[C@@H]3O[C@@H]([C@H](C=CI)O[Si](C)(C)C(C)(C)C)[C@@H](O[Si](C)(C)C(C)(C)C)[C@@H](O[Si](C)(C)C(C)(C)C)[C@H]3O2)S(=O)(=O)c2ccccc2)O[C@@H](CC[C@@H]2OC(CCCO)CC2=C)C[C@H]1C. The molecule has 22 heteroatoms. The Morgan fingerprint density at radius 1 is 0.643 bits per heavy atom. The number of sulfone groups is 1. The van der Waals surface area contributed by atoms with Gasteiger partial charge in [0.2, 0.25) is 0 Å². The Bertz CT molecular complexity index is 2880. The first kappa shape index (κ1) is 86.6. The maximum atomic E-state index is 16.3. The normalized spacial score (nSPS) is 30.8. The maximum absolute atomic E-state index is 16.3. The molecule has 0 radical (unpaired) electrons. The fraction of sp³-hybridized carbons (Fsp3) is 0.842. The van der Waals surface area contributed by atoms with Crippen molar-refractivity contribution >= 4 is 74.0 Å². The Balaban J connectivity index is 1.48. The van der Waals surface area contributed by atoms with E-state index in [1.54, 1.807) is 31.4 Å². The molecule has 15 nitrogen and oxygen atoms in total. The number of benzene rings is 1. The fourth-order valence-corrected chi connectivity index (χ4v) is 22.4. The van der Waals surface area contributed by atoms with E-state index in [0.717, 1.165) is 43.3 Å². The zero-order chi connectivity index (χ0) is 74.1. The predicted octanol–water partition coefficient (Wildman–Crippen LogP) is 18.2. The molecule has 5 aliphatic heterocycles. The molecule has 5 saturated heterocycles. The quantitative estimate of drug-likeness (QED) is 0.0422. The lowest BCUT2D eigenvalue weighted by molar-refractivity contribution is -0.268. The summed E-state index contributed by atoms with van der Waals surface area (Å²) in [4.78, 5) is 0.101. The first-order valence-corrected chi connectivity index (χ1v) is 54.4. The van der Waals surface area contributed by atoms with Gasteiger partial charge in [-0.25, -0.2) is 8.42 Å². The summed E-state index contributed by atoms with van der Waals surface area (Å²) in [7, 11) is -15.2. The summed E-state index contributed by atoms with van der Waals surface area (Å²) < 4.78 is 115. The van der Waals surface area contributed by atoms with Crippen molar-refractivity contribution in [1.82, 2.24) is 0 Å². The molecular formula is C76H139IO15SSi5. The van der Waals surface area contributed by atoms with Gasteiger partial charge < -0.3 is 60.8 Å². The van der Waals surface area contributed by atoms with E-state index >= 15 is 8.42 Å². The number of fused-ring (bicyclic) bond motifs is 1. The van der Waals surface area contributed by atoms with Gasteiger partial charge in [-0.3, -0.25) is 0 Å². The second-order valence-corrected chi connectivity index (χ2v) is 64.1. The van der Waals surface area contributed by atoms with E-state index in [1.165, 1.54) is 0 Å². The van der Waals surface area contributed by atoms with Crippen LogP contribution in [0.5, 0.6) is 0 Å². The number of halogens is 1. The van der Waals surface area contributed by atoms with Gasteiger partial charge in [0.25, 0.3) is 0 Å². The van der Waals surface area contributed by atoms with Crippen molar-refractivity contribution in [2.45, 2.75) is 380 Å². The van der Waals surface area contributed by atoms with Crippen LogP contribution in [-0.2, 0) is 60.4 Å². The molecule has 5 heterocycles. The highest BCUT2D eigenvalue weighted by Crippen LogP contribution is 2.51. The molecule has 5 aliphatic rings. The number of aliphatic hydroxyl groups excluding tert-OH is 2. The summed E-state index contributed by atoms with van der Waals surface area (Å²) in [6.07, 6.45) is -0.549. The van der Waals surface area contributed by atoms with Gasteiger partial charge in [-0.05, 0) is 181 Å². The number of rotatable bonds is 30. The van der Waals surface area contributed by atoms with Crippen molar-refractivity contribution in [3.05, 3.63) is 64.8 Å². The van der Waals surface area contributed by atoms with Crippen molar-refractivity contribution in [2.75, 3.05) is 20.3 Å². The zero-order valence-electron chi connectivity index (χ0n) is 66.1. The van der Waals surface area contributed by atoms with Gasteiger partial charge in [0, 0.05) is 38.9 Å². The van der Waals surface area contributed by atoms with E-state index in [0.29, 0.717) is 32.3 Å². The van der Waals surface area contributed by atoms with E-state index in [1.807, 2.05) is 10.1 Å². The lowest BCUT2D eigenvalue weighted by Gasteiger charge is -2.56. The highest BCUT2D eigenvalue weighted by Gasteiger charge is 2.61. The van der Waals surface area contributed by atoms with Gasteiger partial charge in [0.15, 0.2) is 51.4 Å².